The molecular formula is C20H22N2O2. The van der Waals surface area contributed by atoms with Crippen molar-refractivity contribution < 1.29 is 9.90 Å². The van der Waals surface area contributed by atoms with Crippen LogP contribution in [0.25, 0.3) is 0 Å². The van der Waals surface area contributed by atoms with Crippen molar-refractivity contribution in [1.82, 2.24) is 4.90 Å². The molecule has 0 radical (unpaired) electrons. The van der Waals surface area contributed by atoms with Gasteiger partial charge in [-0.3, -0.25) is 4.90 Å². The van der Waals surface area contributed by atoms with E-state index < -0.39 is 5.97 Å². The number of carboxylic acids is 1. The topological polar surface area (TPSA) is 43.8 Å². The van der Waals surface area contributed by atoms with E-state index in [-0.39, 0.29) is 0 Å². The monoisotopic (exact) mass is 322 g/mol. The third-order valence-corrected chi connectivity index (χ3v) is 5.12. The summed E-state index contributed by atoms with van der Waals surface area (Å²) in [4.78, 5) is 16.2. The molecule has 0 bridgehead atoms. The van der Waals surface area contributed by atoms with Gasteiger partial charge in [-0.1, -0.05) is 30.3 Å². The lowest BCUT2D eigenvalue weighted by atomic mass is 10.1. The zero-order valence-corrected chi connectivity index (χ0v) is 13.7. The average Bonchev–Trinajstić information content (AvgIpc) is 2.80. The minimum absolute atomic E-state index is 0.372. The maximum Gasteiger partial charge on any atom is 0.335 e. The molecule has 24 heavy (non-hydrogen) atoms. The van der Waals surface area contributed by atoms with Gasteiger partial charge in [-0.15, -0.1) is 0 Å². The number of aromatic carboxylic acids is 1. The largest absolute Gasteiger partial charge is 0.478 e. The van der Waals surface area contributed by atoms with E-state index in [1.165, 1.54) is 11.3 Å². The summed E-state index contributed by atoms with van der Waals surface area (Å²) in [6.45, 7) is 4.02. The second kappa shape index (κ2) is 6.29. The molecule has 2 aliphatic rings. The van der Waals surface area contributed by atoms with Crippen LogP contribution in [0.15, 0.2) is 48.5 Å². The Balaban J connectivity index is 1.49. The highest BCUT2D eigenvalue weighted by Crippen LogP contribution is 2.33. The number of para-hydroxylation sites is 1. The summed E-state index contributed by atoms with van der Waals surface area (Å²) in [7, 11) is 0. The summed E-state index contributed by atoms with van der Waals surface area (Å²) in [6.07, 6.45) is 2.26. The Morgan fingerprint density at radius 2 is 2.00 bits per heavy atom. The van der Waals surface area contributed by atoms with Gasteiger partial charge in [0.2, 0.25) is 0 Å². The first-order valence-corrected chi connectivity index (χ1v) is 8.60. The Morgan fingerprint density at radius 1 is 1.12 bits per heavy atom. The number of carbonyl (C=O) groups is 1. The van der Waals surface area contributed by atoms with E-state index in [0.717, 1.165) is 44.6 Å². The molecule has 1 fully saturated rings. The summed E-state index contributed by atoms with van der Waals surface area (Å²) in [5.74, 6) is -0.856. The van der Waals surface area contributed by atoms with Gasteiger partial charge in [0.15, 0.2) is 0 Å². The van der Waals surface area contributed by atoms with Crippen molar-refractivity contribution in [2.45, 2.75) is 25.4 Å². The summed E-state index contributed by atoms with van der Waals surface area (Å²) >= 11 is 0. The molecule has 2 aliphatic heterocycles. The molecule has 4 nitrogen and oxygen atoms in total. The van der Waals surface area contributed by atoms with E-state index in [1.807, 2.05) is 12.1 Å². The first kappa shape index (κ1) is 15.2. The van der Waals surface area contributed by atoms with Crippen LogP contribution < -0.4 is 4.90 Å². The first-order valence-electron chi connectivity index (χ1n) is 8.60. The van der Waals surface area contributed by atoms with E-state index in [1.54, 1.807) is 12.1 Å². The lowest BCUT2D eigenvalue weighted by Crippen LogP contribution is -2.38. The average molecular weight is 322 g/mol. The Bertz CT molecular complexity index is 759. The molecule has 4 rings (SSSR count). The van der Waals surface area contributed by atoms with Gasteiger partial charge in [0.05, 0.1) is 5.56 Å². The lowest BCUT2D eigenvalue weighted by molar-refractivity contribution is 0.0696. The summed E-state index contributed by atoms with van der Waals surface area (Å²) in [5.41, 5.74) is 4.31. The van der Waals surface area contributed by atoms with E-state index in [4.69, 9.17) is 5.11 Å². The van der Waals surface area contributed by atoms with Gasteiger partial charge in [0.25, 0.3) is 0 Å². The lowest BCUT2D eigenvalue weighted by Gasteiger charge is -2.27. The predicted molar refractivity (Wildman–Crippen MR) is 94.6 cm³/mol. The van der Waals surface area contributed by atoms with Crippen molar-refractivity contribution in [3.8, 4) is 0 Å². The third kappa shape index (κ3) is 2.89. The van der Waals surface area contributed by atoms with E-state index in [0.29, 0.717) is 11.6 Å². The molecule has 2 heterocycles. The minimum atomic E-state index is -0.856. The molecule has 0 aliphatic carbocycles. The predicted octanol–water partition coefficient (Wildman–Crippen LogP) is 3.02. The molecule has 2 aromatic rings. The highest BCUT2D eigenvalue weighted by atomic mass is 16.4. The summed E-state index contributed by atoms with van der Waals surface area (Å²) in [6, 6.07) is 16.6. The normalized spacial score (nSPS) is 20.3. The van der Waals surface area contributed by atoms with Crippen molar-refractivity contribution in [2.24, 2.45) is 0 Å². The number of hydrogen-bond donors (Lipinski definition) is 1. The molecule has 1 saturated heterocycles. The van der Waals surface area contributed by atoms with Crippen LogP contribution in [0.3, 0.4) is 0 Å². The Labute approximate surface area is 142 Å². The van der Waals surface area contributed by atoms with Crippen LogP contribution in [-0.4, -0.2) is 41.7 Å². The van der Waals surface area contributed by atoms with Crippen molar-refractivity contribution in [3.05, 3.63) is 65.2 Å². The molecule has 1 N–H and O–H groups in total. The Hall–Kier alpha value is -2.33. The maximum atomic E-state index is 11.2. The van der Waals surface area contributed by atoms with Crippen LogP contribution >= 0.6 is 0 Å². The fraction of sp³-hybridized carbons (Fsp3) is 0.350. The van der Waals surface area contributed by atoms with Gasteiger partial charge in [-0.05, 0) is 42.2 Å². The number of nitrogens with zero attached hydrogens (tertiary/aromatic N) is 2. The molecule has 4 heteroatoms. The van der Waals surface area contributed by atoms with Crippen LogP contribution in [0.1, 0.15) is 27.9 Å². The fourth-order valence-corrected chi connectivity index (χ4v) is 4.05. The first-order chi connectivity index (χ1) is 11.7. The molecule has 124 valence electrons. The van der Waals surface area contributed by atoms with Gasteiger partial charge in [0.1, 0.15) is 0 Å². The van der Waals surface area contributed by atoms with Crippen LogP contribution in [0.4, 0.5) is 5.69 Å². The van der Waals surface area contributed by atoms with Gasteiger partial charge in [-0.2, -0.15) is 0 Å². The zero-order valence-electron chi connectivity index (χ0n) is 13.7. The molecule has 0 saturated carbocycles. The highest BCUT2D eigenvalue weighted by Gasteiger charge is 2.32. The van der Waals surface area contributed by atoms with Crippen LogP contribution in [-0.2, 0) is 13.0 Å². The van der Waals surface area contributed by atoms with Gasteiger partial charge < -0.3 is 10.0 Å². The Morgan fingerprint density at radius 3 is 2.88 bits per heavy atom. The molecular weight excluding hydrogens is 300 g/mol. The minimum Gasteiger partial charge on any atom is -0.478 e. The van der Waals surface area contributed by atoms with E-state index in [9.17, 15) is 4.79 Å². The van der Waals surface area contributed by atoms with Gasteiger partial charge in [0, 0.05) is 37.9 Å². The zero-order chi connectivity index (χ0) is 16.5. The number of anilines is 1. The summed E-state index contributed by atoms with van der Waals surface area (Å²) < 4.78 is 0. The SMILES string of the molecule is O=C(O)c1cccc(CN2CCCN3c4ccccc4CC3C2)c1. The van der Waals surface area contributed by atoms with E-state index in [2.05, 4.69) is 34.1 Å². The Kier molecular flexibility index (Phi) is 3.98. The standard InChI is InChI=1S/C20H22N2O2/c23-20(24)17-7-3-5-15(11-17)13-21-9-4-10-22-18(14-21)12-16-6-1-2-8-19(16)22/h1-3,5-8,11,18H,4,9-10,12-14H2,(H,23,24). The smallest absolute Gasteiger partial charge is 0.335 e. The molecule has 0 spiro atoms. The molecule has 1 unspecified atom stereocenters. The van der Waals surface area contributed by atoms with Gasteiger partial charge in [-0.25, -0.2) is 4.79 Å². The molecule has 0 amide bonds. The summed E-state index contributed by atoms with van der Waals surface area (Å²) in [5, 5.41) is 9.16. The van der Waals surface area contributed by atoms with Crippen molar-refractivity contribution in [2.75, 3.05) is 24.5 Å². The quantitative estimate of drug-likeness (QED) is 0.943. The second-order valence-corrected chi connectivity index (χ2v) is 6.77. The fourth-order valence-electron chi connectivity index (χ4n) is 4.05. The van der Waals surface area contributed by atoms with Crippen LogP contribution in [0, 0.1) is 0 Å². The van der Waals surface area contributed by atoms with Crippen molar-refractivity contribution in [1.29, 1.82) is 0 Å². The molecule has 2 aromatic carbocycles. The number of carboxylic acid groups (broad SMARTS) is 1. The third-order valence-electron chi connectivity index (χ3n) is 5.12. The second-order valence-electron chi connectivity index (χ2n) is 6.77. The number of benzene rings is 2. The number of fused-ring (bicyclic) bond motifs is 3. The number of hydrogen-bond acceptors (Lipinski definition) is 3. The van der Waals surface area contributed by atoms with Gasteiger partial charge >= 0.3 is 5.97 Å². The maximum absolute atomic E-state index is 11.2. The molecule has 1 atom stereocenters. The number of rotatable bonds is 3. The van der Waals surface area contributed by atoms with Crippen LogP contribution in [0.2, 0.25) is 0 Å². The van der Waals surface area contributed by atoms with Crippen molar-refractivity contribution >= 4 is 11.7 Å². The van der Waals surface area contributed by atoms with E-state index >= 15 is 0 Å². The van der Waals surface area contributed by atoms with Crippen molar-refractivity contribution in [3.63, 3.8) is 0 Å². The van der Waals surface area contributed by atoms with Crippen LogP contribution in [0.5, 0.6) is 0 Å². The highest BCUT2D eigenvalue weighted by molar-refractivity contribution is 5.87. The molecule has 0 aromatic heterocycles.